The number of hydrogen-bond donors (Lipinski definition) is 1. The van der Waals surface area contributed by atoms with Crippen LogP contribution in [0.1, 0.15) is 80.2 Å². The quantitative estimate of drug-likeness (QED) is 0.205. The topological polar surface area (TPSA) is 150 Å². The molecule has 3 aliphatic heterocycles. The number of carbonyl (C=O) groups excluding carboxylic acids is 4. The zero-order valence-corrected chi connectivity index (χ0v) is 33.4. The average molecular weight is 747 g/mol. The fourth-order valence-corrected chi connectivity index (χ4v) is 8.64. The third kappa shape index (κ3) is 9.13. The lowest BCUT2D eigenvalue weighted by Gasteiger charge is -2.47. The molecule has 4 rings (SSSR count). The second-order valence-electron chi connectivity index (χ2n) is 15.9. The lowest BCUT2D eigenvalue weighted by molar-refractivity contribution is -0.295. The summed E-state index contributed by atoms with van der Waals surface area (Å²) in [6.45, 7) is 14.5. The number of methoxy groups -OCH3 is 1. The minimum Gasteiger partial charge on any atom is -0.458 e. The van der Waals surface area contributed by atoms with Crippen LogP contribution in [0.3, 0.4) is 0 Å². The number of Topliss-reactive ketones (excluding diaryl/α,β-unsaturated/α-hetero) is 2. The van der Waals surface area contributed by atoms with E-state index in [2.05, 4.69) is 0 Å². The highest BCUT2D eigenvalue weighted by molar-refractivity contribution is 6.00. The van der Waals surface area contributed by atoms with Gasteiger partial charge in [-0.25, -0.2) is 4.79 Å². The number of likely N-dealkylation sites (N-methyl/N-ethyl adjacent to an activating group) is 1. The normalized spacial score (nSPS) is 39.0. The molecule has 1 amide bonds. The van der Waals surface area contributed by atoms with Crippen LogP contribution < -0.4 is 0 Å². The number of rotatable bonds is 10. The number of ether oxygens (including phenoxy) is 6. The minimum absolute atomic E-state index is 0.124. The second kappa shape index (κ2) is 17.7. The van der Waals surface area contributed by atoms with Crippen molar-refractivity contribution in [3.05, 3.63) is 35.9 Å². The minimum atomic E-state index is -1.42. The van der Waals surface area contributed by atoms with Crippen LogP contribution in [-0.4, -0.2) is 127 Å². The number of cyclic esters (lactones) is 1. The number of benzene rings is 1. The summed E-state index contributed by atoms with van der Waals surface area (Å²) in [7, 11) is 5.23. The second-order valence-corrected chi connectivity index (χ2v) is 15.9. The van der Waals surface area contributed by atoms with E-state index >= 15 is 0 Å². The van der Waals surface area contributed by atoms with Crippen molar-refractivity contribution in [2.24, 2.45) is 23.7 Å². The maximum absolute atomic E-state index is 14.6. The van der Waals surface area contributed by atoms with Gasteiger partial charge in [-0.2, -0.15) is 0 Å². The van der Waals surface area contributed by atoms with Crippen LogP contribution >= 0.6 is 0 Å². The van der Waals surface area contributed by atoms with E-state index in [0.717, 1.165) is 5.56 Å². The molecule has 0 bridgehead atoms. The first-order chi connectivity index (χ1) is 24.9. The first-order valence-corrected chi connectivity index (χ1v) is 19.0. The summed E-state index contributed by atoms with van der Waals surface area (Å²) in [5.41, 5.74) is -1.71. The largest absolute Gasteiger partial charge is 0.458 e. The monoisotopic (exact) mass is 746 g/mol. The Hall–Kier alpha value is -2.94. The molecule has 1 aromatic rings. The predicted octanol–water partition coefficient (Wildman–Crippen LogP) is 4.41. The third-order valence-corrected chi connectivity index (χ3v) is 11.7. The van der Waals surface area contributed by atoms with Crippen molar-refractivity contribution in [3.8, 4) is 0 Å². The zero-order chi connectivity index (χ0) is 39.4. The van der Waals surface area contributed by atoms with Gasteiger partial charge in [-0.3, -0.25) is 19.3 Å². The molecule has 0 radical (unpaired) electrons. The van der Waals surface area contributed by atoms with E-state index in [1.54, 1.807) is 41.5 Å². The van der Waals surface area contributed by atoms with Crippen molar-refractivity contribution in [2.45, 2.75) is 135 Å². The van der Waals surface area contributed by atoms with Crippen molar-refractivity contribution in [1.29, 1.82) is 0 Å². The summed E-state index contributed by atoms with van der Waals surface area (Å²) in [6, 6.07) is 8.55. The third-order valence-electron chi connectivity index (χ3n) is 11.7. The molecule has 0 aromatic heterocycles. The zero-order valence-electron chi connectivity index (χ0n) is 33.4. The fraction of sp³-hybridized carbons (Fsp3) is 0.750. The molecule has 3 fully saturated rings. The number of esters is 1. The maximum atomic E-state index is 14.6. The molecular formula is C40H62N2O11. The number of aliphatic hydroxyl groups is 1. The number of fused-ring (bicyclic) bond motifs is 1. The lowest BCUT2D eigenvalue weighted by atomic mass is 9.73. The van der Waals surface area contributed by atoms with Gasteiger partial charge in [0.2, 0.25) is 0 Å². The highest BCUT2D eigenvalue weighted by Gasteiger charge is 2.60. The summed E-state index contributed by atoms with van der Waals surface area (Å²) in [4.78, 5) is 59.7. The standard InChI is InChI=1S/C40H62N2O11/c1-12-30-40(8)34(42(38(47)53-40)18-19-49-22-28-16-14-13-15-17-28)25(4)31(43)23(2)21-39(7,48-11)35(26(5)32(44)27(6)36(46)51-30)52-37-33(45)29(41(9)10)20-24(3)50-37/h13-17,23-27,29-30,33-35,37,45H,12,18-22H2,1-11H3/t23-,24-,25+,26+,27-,29+,30?,33-,34-,35-,37+,39-,40-/m1/s1. The van der Waals surface area contributed by atoms with Gasteiger partial charge < -0.3 is 38.4 Å². The molecule has 3 aliphatic rings. The van der Waals surface area contributed by atoms with Gasteiger partial charge in [0.15, 0.2) is 17.7 Å². The molecule has 1 aromatic carbocycles. The molecule has 3 heterocycles. The molecule has 3 saturated heterocycles. The van der Waals surface area contributed by atoms with E-state index in [1.165, 1.54) is 18.9 Å². The Labute approximate surface area is 314 Å². The van der Waals surface area contributed by atoms with E-state index in [1.807, 2.05) is 56.3 Å². The van der Waals surface area contributed by atoms with Gasteiger partial charge in [0.05, 0.1) is 37.1 Å². The molecule has 13 heteroatoms. The van der Waals surface area contributed by atoms with Crippen molar-refractivity contribution in [3.63, 3.8) is 0 Å². The summed E-state index contributed by atoms with van der Waals surface area (Å²) < 4.78 is 36.9. The summed E-state index contributed by atoms with van der Waals surface area (Å²) in [5.74, 6) is -5.01. The van der Waals surface area contributed by atoms with E-state index in [9.17, 15) is 24.3 Å². The summed E-state index contributed by atoms with van der Waals surface area (Å²) in [6.07, 6.45) is -4.12. The van der Waals surface area contributed by atoms with Crippen LogP contribution in [0.25, 0.3) is 0 Å². The van der Waals surface area contributed by atoms with Crippen LogP contribution in [-0.2, 0) is 49.4 Å². The number of nitrogens with zero attached hydrogens (tertiary/aromatic N) is 2. The average Bonchev–Trinajstić information content (AvgIpc) is 3.39. The molecule has 0 saturated carbocycles. The van der Waals surface area contributed by atoms with Crippen LogP contribution in [0.4, 0.5) is 4.79 Å². The van der Waals surface area contributed by atoms with Gasteiger partial charge in [-0.15, -0.1) is 0 Å². The number of hydrogen-bond acceptors (Lipinski definition) is 12. The molecule has 1 N–H and O–H groups in total. The molecule has 298 valence electrons. The molecule has 0 aliphatic carbocycles. The van der Waals surface area contributed by atoms with E-state index in [4.69, 9.17) is 28.4 Å². The SMILES string of the molecule is CCC1OC(=O)[C@H](C)C(=O)[C@H](C)[C@@H](O[C@@H]2O[C@H](C)C[C@H](N(C)C)[C@H]2O)[C@](C)(OC)C[C@@H](C)C(=O)[C@H](C)[C@H]2N(CCOCc3ccccc3)C(=O)O[C@]12C. The Kier molecular flexibility index (Phi) is 14.3. The maximum Gasteiger partial charge on any atom is 0.411 e. The highest BCUT2D eigenvalue weighted by Crippen LogP contribution is 2.43. The van der Waals surface area contributed by atoms with E-state index in [-0.39, 0.29) is 43.9 Å². The van der Waals surface area contributed by atoms with Crippen LogP contribution in [0.15, 0.2) is 30.3 Å². The van der Waals surface area contributed by atoms with Gasteiger partial charge >= 0.3 is 12.1 Å². The van der Waals surface area contributed by atoms with Gasteiger partial charge in [0.25, 0.3) is 0 Å². The Morgan fingerprint density at radius 1 is 0.981 bits per heavy atom. The van der Waals surface area contributed by atoms with Gasteiger partial charge in [-0.05, 0) is 66.6 Å². The van der Waals surface area contributed by atoms with Gasteiger partial charge in [0, 0.05) is 37.5 Å². The molecule has 13 atom stereocenters. The molecule has 53 heavy (non-hydrogen) atoms. The van der Waals surface area contributed by atoms with E-state index < -0.39 is 83.4 Å². The smallest absolute Gasteiger partial charge is 0.411 e. The number of aliphatic hydroxyl groups excluding tert-OH is 1. The van der Waals surface area contributed by atoms with Crippen molar-refractivity contribution >= 4 is 23.6 Å². The molecule has 0 spiro atoms. The van der Waals surface area contributed by atoms with Crippen molar-refractivity contribution in [1.82, 2.24) is 9.80 Å². The molecular weight excluding hydrogens is 684 g/mol. The summed E-state index contributed by atoms with van der Waals surface area (Å²) in [5, 5.41) is 11.4. The Morgan fingerprint density at radius 2 is 1.64 bits per heavy atom. The number of amides is 1. The number of ketones is 2. The number of carbonyl (C=O) groups is 4. The van der Waals surface area contributed by atoms with E-state index in [0.29, 0.717) is 13.0 Å². The molecule has 1 unspecified atom stereocenters. The first-order valence-electron chi connectivity index (χ1n) is 19.0. The Morgan fingerprint density at radius 3 is 2.25 bits per heavy atom. The van der Waals surface area contributed by atoms with Gasteiger partial charge in [-0.1, -0.05) is 58.0 Å². The fourth-order valence-electron chi connectivity index (χ4n) is 8.64. The Balaban J connectivity index is 1.71. The highest BCUT2D eigenvalue weighted by atomic mass is 16.7. The Bertz CT molecular complexity index is 1430. The van der Waals surface area contributed by atoms with Crippen LogP contribution in [0.2, 0.25) is 0 Å². The lowest BCUT2D eigenvalue weighted by Crippen LogP contribution is -2.60. The first kappa shape index (κ1) is 42.8. The predicted molar refractivity (Wildman–Crippen MR) is 196 cm³/mol. The van der Waals surface area contributed by atoms with Crippen LogP contribution in [0.5, 0.6) is 0 Å². The van der Waals surface area contributed by atoms with Crippen molar-refractivity contribution in [2.75, 3.05) is 34.4 Å². The molecule has 13 nitrogen and oxygen atoms in total. The van der Waals surface area contributed by atoms with Gasteiger partial charge in [0.1, 0.15) is 23.9 Å². The summed E-state index contributed by atoms with van der Waals surface area (Å²) >= 11 is 0. The van der Waals surface area contributed by atoms with Crippen LogP contribution in [0, 0.1) is 23.7 Å². The van der Waals surface area contributed by atoms with Crippen molar-refractivity contribution < 1.29 is 52.7 Å².